The molecule has 0 aliphatic carbocycles. The summed E-state index contributed by atoms with van der Waals surface area (Å²) in [6.07, 6.45) is 1.25. The van der Waals surface area contributed by atoms with Crippen LogP contribution in [-0.4, -0.2) is 70.0 Å². The number of carbonyl (C=O) groups excluding carboxylic acids is 1. The lowest BCUT2D eigenvalue weighted by Crippen LogP contribution is -2.47. The molecule has 0 bridgehead atoms. The van der Waals surface area contributed by atoms with E-state index < -0.39 is 0 Å². The third-order valence-corrected chi connectivity index (χ3v) is 7.76. The molecule has 3 aliphatic rings. The van der Waals surface area contributed by atoms with Crippen molar-refractivity contribution in [1.29, 1.82) is 0 Å². The molecule has 35 heavy (non-hydrogen) atoms. The van der Waals surface area contributed by atoms with Crippen molar-refractivity contribution in [3.05, 3.63) is 57.9 Å². The summed E-state index contributed by atoms with van der Waals surface area (Å²) in [5, 5.41) is 6.22. The van der Waals surface area contributed by atoms with E-state index in [0.29, 0.717) is 61.0 Å². The Morgan fingerprint density at radius 2 is 2.14 bits per heavy atom. The number of hydrogen-bond acceptors (Lipinski definition) is 8. The van der Waals surface area contributed by atoms with E-state index in [9.17, 15) is 14.0 Å². The minimum atomic E-state index is -0.349. The van der Waals surface area contributed by atoms with Crippen LogP contribution in [0.3, 0.4) is 0 Å². The molecule has 6 rings (SSSR count). The number of aromatic nitrogens is 3. The van der Waals surface area contributed by atoms with Crippen LogP contribution in [0.4, 0.5) is 10.2 Å². The molecule has 2 N–H and O–H groups in total. The first-order valence-corrected chi connectivity index (χ1v) is 12.7. The summed E-state index contributed by atoms with van der Waals surface area (Å²) in [7, 11) is 0. The van der Waals surface area contributed by atoms with Crippen LogP contribution in [0.2, 0.25) is 0 Å². The van der Waals surface area contributed by atoms with Gasteiger partial charge in [0.1, 0.15) is 11.6 Å². The van der Waals surface area contributed by atoms with Crippen LogP contribution in [0.25, 0.3) is 11.0 Å². The molecule has 6 heterocycles. The Kier molecular flexibility index (Phi) is 6.01. The van der Waals surface area contributed by atoms with Gasteiger partial charge in [-0.25, -0.2) is 9.37 Å². The number of nitrogens with zero attached hydrogens (tertiary/aromatic N) is 4. The second-order valence-electron chi connectivity index (χ2n) is 9.10. The zero-order chi connectivity index (χ0) is 23.9. The average molecular weight is 497 g/mol. The van der Waals surface area contributed by atoms with Gasteiger partial charge in [-0.05, 0) is 18.2 Å². The number of thioether (sulfide) groups is 1. The molecule has 3 aromatic rings. The van der Waals surface area contributed by atoms with Crippen molar-refractivity contribution in [1.82, 2.24) is 24.8 Å². The number of amides is 1. The molecular weight excluding hydrogens is 471 g/mol. The fourth-order valence-electron chi connectivity index (χ4n) is 5.14. The minimum Gasteiger partial charge on any atom is -0.374 e. The molecule has 0 spiro atoms. The average Bonchev–Trinajstić information content (AvgIpc) is 3.24. The fourth-order valence-corrected chi connectivity index (χ4v) is 5.90. The number of rotatable bonds is 6. The number of halogens is 1. The number of anilines is 1. The number of ether oxygens (including phenoxy) is 1. The summed E-state index contributed by atoms with van der Waals surface area (Å²) >= 11 is 1.50. The van der Waals surface area contributed by atoms with E-state index in [1.54, 1.807) is 10.6 Å². The van der Waals surface area contributed by atoms with Gasteiger partial charge in [-0.15, -0.1) is 11.8 Å². The first-order valence-electron chi connectivity index (χ1n) is 11.7. The van der Waals surface area contributed by atoms with E-state index in [1.165, 1.54) is 24.0 Å². The highest BCUT2D eigenvalue weighted by atomic mass is 32.2. The normalized spacial score (nSPS) is 21.8. The molecule has 182 valence electrons. The maximum absolute atomic E-state index is 14.8. The van der Waals surface area contributed by atoms with Crippen LogP contribution >= 0.6 is 11.8 Å². The van der Waals surface area contributed by atoms with E-state index >= 15 is 0 Å². The van der Waals surface area contributed by atoms with E-state index in [2.05, 4.69) is 25.5 Å². The van der Waals surface area contributed by atoms with Crippen molar-refractivity contribution in [2.45, 2.75) is 30.0 Å². The number of morpholine rings is 1. The lowest BCUT2D eigenvalue weighted by Gasteiger charge is -2.34. The summed E-state index contributed by atoms with van der Waals surface area (Å²) in [6.45, 7) is 4.41. The number of nitrogens with one attached hydrogen (secondary N) is 2. The second kappa shape index (κ2) is 9.30. The van der Waals surface area contributed by atoms with E-state index in [4.69, 9.17) is 4.74 Å². The number of fused-ring (bicyclic) bond motifs is 1. The van der Waals surface area contributed by atoms with Crippen LogP contribution in [0.5, 0.6) is 0 Å². The van der Waals surface area contributed by atoms with Gasteiger partial charge in [0, 0.05) is 56.8 Å². The van der Waals surface area contributed by atoms with Crippen molar-refractivity contribution in [3.8, 4) is 0 Å². The quantitative estimate of drug-likeness (QED) is 0.530. The lowest BCUT2D eigenvalue weighted by atomic mass is 10.00. The second-order valence-corrected chi connectivity index (χ2v) is 10.1. The Bertz CT molecular complexity index is 1370. The van der Waals surface area contributed by atoms with Gasteiger partial charge < -0.3 is 19.9 Å². The molecule has 3 aliphatic heterocycles. The van der Waals surface area contributed by atoms with E-state index in [-0.39, 0.29) is 29.3 Å². The van der Waals surface area contributed by atoms with Gasteiger partial charge in [0.05, 0.1) is 46.3 Å². The first kappa shape index (κ1) is 22.6. The molecule has 0 aromatic carbocycles. The van der Waals surface area contributed by atoms with Gasteiger partial charge in [-0.3, -0.25) is 19.5 Å². The van der Waals surface area contributed by atoms with Crippen LogP contribution < -0.4 is 16.2 Å². The highest BCUT2D eigenvalue weighted by molar-refractivity contribution is 8.00. The maximum atomic E-state index is 14.8. The van der Waals surface area contributed by atoms with Crippen LogP contribution in [0.15, 0.2) is 40.2 Å². The first-order chi connectivity index (χ1) is 17.0. The van der Waals surface area contributed by atoms with E-state index in [1.807, 2.05) is 12.1 Å². The largest absolute Gasteiger partial charge is 0.374 e. The van der Waals surface area contributed by atoms with Crippen molar-refractivity contribution < 1.29 is 13.9 Å². The van der Waals surface area contributed by atoms with Gasteiger partial charge in [0.25, 0.3) is 5.56 Å². The zero-order valence-electron chi connectivity index (χ0n) is 19.0. The molecule has 1 saturated heterocycles. The molecule has 0 saturated carbocycles. The monoisotopic (exact) mass is 496 g/mol. The van der Waals surface area contributed by atoms with E-state index in [0.717, 1.165) is 23.7 Å². The van der Waals surface area contributed by atoms with Crippen LogP contribution in [0.1, 0.15) is 17.2 Å². The molecule has 9 nitrogen and oxygen atoms in total. The van der Waals surface area contributed by atoms with Gasteiger partial charge in [0.15, 0.2) is 0 Å². The smallest absolute Gasteiger partial charge is 0.251 e. The van der Waals surface area contributed by atoms with Crippen molar-refractivity contribution in [2.75, 3.05) is 43.9 Å². The van der Waals surface area contributed by atoms with Crippen molar-refractivity contribution in [2.24, 2.45) is 0 Å². The molecule has 11 heteroatoms. The van der Waals surface area contributed by atoms with Gasteiger partial charge in [-0.2, -0.15) is 0 Å². The molecular formula is C24H25FN6O3S. The Hall–Kier alpha value is -2.86. The number of hydrogen-bond donors (Lipinski definition) is 2. The SMILES string of the molecule is O=C1CSc2ccc(CNC[C@H]3CN(CC4Cn5c(=O)ccc6ncc(F)c4c65)CCO3)nc2N1. The number of carbonyl (C=O) groups is 1. The lowest BCUT2D eigenvalue weighted by molar-refractivity contribution is -0.113. The predicted molar refractivity (Wildman–Crippen MR) is 130 cm³/mol. The Morgan fingerprint density at radius 1 is 1.23 bits per heavy atom. The highest BCUT2D eigenvalue weighted by Crippen LogP contribution is 2.34. The Morgan fingerprint density at radius 3 is 3.06 bits per heavy atom. The molecule has 1 fully saturated rings. The third kappa shape index (κ3) is 4.44. The van der Waals surface area contributed by atoms with Gasteiger partial charge in [-0.1, -0.05) is 0 Å². The summed E-state index contributed by atoms with van der Waals surface area (Å²) < 4.78 is 22.4. The van der Waals surface area contributed by atoms with Crippen LogP contribution in [-0.2, 0) is 22.6 Å². The van der Waals surface area contributed by atoms with Crippen molar-refractivity contribution in [3.63, 3.8) is 0 Å². The number of pyridine rings is 3. The summed E-state index contributed by atoms with van der Waals surface area (Å²) in [4.78, 5) is 36.0. The summed E-state index contributed by atoms with van der Waals surface area (Å²) in [5.74, 6) is 0.565. The Labute approximate surface area is 205 Å². The van der Waals surface area contributed by atoms with Crippen LogP contribution in [0, 0.1) is 5.82 Å². The molecule has 1 unspecified atom stereocenters. The molecule has 0 radical (unpaired) electrons. The molecule has 3 aromatic heterocycles. The highest BCUT2D eigenvalue weighted by Gasteiger charge is 2.32. The summed E-state index contributed by atoms with van der Waals surface area (Å²) in [5.41, 5.74) is 2.61. The maximum Gasteiger partial charge on any atom is 0.251 e. The third-order valence-electron chi connectivity index (χ3n) is 6.72. The summed E-state index contributed by atoms with van der Waals surface area (Å²) in [6, 6.07) is 7.12. The topological polar surface area (TPSA) is 101 Å². The predicted octanol–water partition coefficient (Wildman–Crippen LogP) is 1.56. The molecule has 1 amide bonds. The minimum absolute atomic E-state index is 0.00885. The molecule has 2 atom stereocenters. The fraction of sp³-hybridized carbons (Fsp3) is 0.417. The van der Waals surface area contributed by atoms with Crippen molar-refractivity contribution >= 4 is 34.5 Å². The zero-order valence-corrected chi connectivity index (χ0v) is 19.8. The van der Waals surface area contributed by atoms with Gasteiger partial charge in [0.2, 0.25) is 5.91 Å². The Balaban J connectivity index is 1.07. The van der Waals surface area contributed by atoms with Gasteiger partial charge >= 0.3 is 0 Å². The standard InChI is InChI=1S/C24H25FN6O3S/c25-17-9-27-18-2-4-21(33)31-11-14(22(17)23(18)31)10-30-5-6-34-16(12-30)8-26-7-15-1-3-19-24(28-15)29-20(32)13-35-19/h1-4,9,14,16,26H,5-8,10-13H2,(H,28,29,32)/t14?,16-/m0/s1.